The van der Waals surface area contributed by atoms with E-state index < -0.39 is 0 Å². The molecule has 1 aromatic rings. The summed E-state index contributed by atoms with van der Waals surface area (Å²) in [6, 6.07) is 1.37. The molecule has 1 saturated heterocycles. The Kier molecular flexibility index (Phi) is 5.24. The lowest BCUT2D eigenvalue weighted by atomic mass is 10.0. The minimum absolute atomic E-state index is 0.369. The molecule has 0 spiro atoms. The van der Waals surface area contributed by atoms with Crippen molar-refractivity contribution in [1.82, 2.24) is 25.0 Å². The van der Waals surface area contributed by atoms with E-state index in [4.69, 9.17) is 0 Å². The maximum absolute atomic E-state index is 4.43. The van der Waals surface area contributed by atoms with Crippen LogP contribution in [0, 0.1) is 0 Å². The molecule has 19 heavy (non-hydrogen) atoms. The Labute approximate surface area is 120 Å². The molecule has 0 saturated carbocycles. The van der Waals surface area contributed by atoms with Crippen molar-refractivity contribution in [3.05, 3.63) is 12.2 Å². The van der Waals surface area contributed by atoms with E-state index in [0.717, 1.165) is 12.2 Å². The SMILES string of the molecule is CNC(Cc1ncnn1C(C)C)C1CSCCN1C. The van der Waals surface area contributed by atoms with Gasteiger partial charge in [0.2, 0.25) is 0 Å². The lowest BCUT2D eigenvalue weighted by molar-refractivity contribution is 0.216. The van der Waals surface area contributed by atoms with Crippen LogP contribution < -0.4 is 5.32 Å². The van der Waals surface area contributed by atoms with Gasteiger partial charge in [-0.25, -0.2) is 9.67 Å². The second-order valence-electron chi connectivity index (χ2n) is 5.44. The average molecular weight is 283 g/mol. The van der Waals surface area contributed by atoms with E-state index in [2.05, 4.69) is 41.2 Å². The molecule has 1 N–H and O–H groups in total. The Morgan fingerprint density at radius 1 is 1.53 bits per heavy atom. The number of thioether (sulfide) groups is 1. The molecule has 0 aromatic carbocycles. The molecule has 0 amide bonds. The van der Waals surface area contributed by atoms with Gasteiger partial charge in [0.25, 0.3) is 0 Å². The smallest absolute Gasteiger partial charge is 0.138 e. The van der Waals surface area contributed by atoms with E-state index in [1.54, 1.807) is 6.33 Å². The number of hydrogen-bond acceptors (Lipinski definition) is 5. The fraction of sp³-hybridized carbons (Fsp3) is 0.846. The first-order valence-electron chi connectivity index (χ1n) is 6.97. The van der Waals surface area contributed by atoms with E-state index in [-0.39, 0.29) is 0 Å². The fourth-order valence-corrected chi connectivity index (χ4v) is 3.92. The minimum Gasteiger partial charge on any atom is -0.315 e. The van der Waals surface area contributed by atoms with Crippen molar-refractivity contribution < 1.29 is 0 Å². The van der Waals surface area contributed by atoms with Crippen molar-refractivity contribution in [2.75, 3.05) is 32.1 Å². The fourth-order valence-electron chi connectivity index (χ4n) is 2.61. The first kappa shape index (κ1) is 14.8. The predicted molar refractivity (Wildman–Crippen MR) is 80.7 cm³/mol. The molecule has 2 heterocycles. The van der Waals surface area contributed by atoms with Gasteiger partial charge in [0.05, 0.1) is 0 Å². The maximum atomic E-state index is 4.43. The highest BCUT2D eigenvalue weighted by Crippen LogP contribution is 2.19. The standard InChI is InChI=1S/C13H25N5S/c1-10(2)18-13(15-9-16-18)7-11(14-3)12-8-19-6-5-17(12)4/h9-12,14H,5-8H2,1-4H3. The predicted octanol–water partition coefficient (Wildman–Crippen LogP) is 1.04. The average Bonchev–Trinajstić information content (AvgIpc) is 2.85. The second-order valence-corrected chi connectivity index (χ2v) is 6.59. The highest BCUT2D eigenvalue weighted by molar-refractivity contribution is 7.99. The van der Waals surface area contributed by atoms with E-state index in [9.17, 15) is 0 Å². The van der Waals surface area contributed by atoms with E-state index in [0.29, 0.717) is 18.1 Å². The first-order valence-corrected chi connectivity index (χ1v) is 8.12. The van der Waals surface area contributed by atoms with Gasteiger partial charge in [-0.2, -0.15) is 16.9 Å². The Balaban J connectivity index is 2.07. The first-order chi connectivity index (χ1) is 9.13. The summed E-state index contributed by atoms with van der Waals surface area (Å²) < 4.78 is 2.03. The lowest BCUT2D eigenvalue weighted by Crippen LogP contribution is -2.53. The Morgan fingerprint density at radius 2 is 2.32 bits per heavy atom. The molecular weight excluding hydrogens is 258 g/mol. The number of aromatic nitrogens is 3. The zero-order valence-electron chi connectivity index (χ0n) is 12.3. The number of rotatable bonds is 5. The van der Waals surface area contributed by atoms with Gasteiger partial charge in [0.15, 0.2) is 0 Å². The van der Waals surface area contributed by atoms with Gasteiger partial charge in [-0.3, -0.25) is 0 Å². The normalized spacial score (nSPS) is 22.9. The molecule has 6 heteroatoms. The summed E-state index contributed by atoms with van der Waals surface area (Å²) in [5.74, 6) is 3.52. The molecule has 1 aliphatic rings. The van der Waals surface area contributed by atoms with Crippen molar-refractivity contribution >= 4 is 11.8 Å². The van der Waals surface area contributed by atoms with Crippen molar-refractivity contribution in [2.24, 2.45) is 0 Å². The highest BCUT2D eigenvalue weighted by atomic mass is 32.2. The van der Waals surface area contributed by atoms with E-state index >= 15 is 0 Å². The van der Waals surface area contributed by atoms with Gasteiger partial charge in [-0.15, -0.1) is 0 Å². The molecule has 1 aliphatic heterocycles. The molecule has 5 nitrogen and oxygen atoms in total. The number of nitrogens with one attached hydrogen (secondary N) is 1. The zero-order valence-corrected chi connectivity index (χ0v) is 13.2. The van der Waals surface area contributed by atoms with Crippen LogP contribution in [0.2, 0.25) is 0 Å². The van der Waals surface area contributed by atoms with Crippen LogP contribution in [-0.2, 0) is 6.42 Å². The third kappa shape index (κ3) is 3.49. The summed E-state index contributed by atoms with van der Waals surface area (Å²) in [6.07, 6.45) is 2.60. The topological polar surface area (TPSA) is 46.0 Å². The summed E-state index contributed by atoms with van der Waals surface area (Å²) >= 11 is 2.05. The van der Waals surface area contributed by atoms with Gasteiger partial charge in [-0.05, 0) is 27.9 Å². The van der Waals surface area contributed by atoms with Crippen molar-refractivity contribution in [3.63, 3.8) is 0 Å². The third-order valence-corrected chi connectivity index (χ3v) is 4.87. The van der Waals surface area contributed by atoms with Crippen LogP contribution in [0.1, 0.15) is 25.7 Å². The molecule has 2 atom stereocenters. The van der Waals surface area contributed by atoms with Gasteiger partial charge in [0, 0.05) is 42.6 Å². The van der Waals surface area contributed by atoms with Crippen LogP contribution in [0.15, 0.2) is 6.33 Å². The van der Waals surface area contributed by atoms with Gasteiger partial charge >= 0.3 is 0 Å². The quantitative estimate of drug-likeness (QED) is 0.875. The van der Waals surface area contributed by atoms with Gasteiger partial charge < -0.3 is 10.2 Å². The van der Waals surface area contributed by atoms with Crippen LogP contribution in [0.3, 0.4) is 0 Å². The maximum Gasteiger partial charge on any atom is 0.138 e. The largest absolute Gasteiger partial charge is 0.315 e. The summed E-state index contributed by atoms with van der Waals surface area (Å²) in [4.78, 5) is 6.90. The molecule has 2 rings (SSSR count). The zero-order chi connectivity index (χ0) is 13.8. The summed E-state index contributed by atoms with van der Waals surface area (Å²) in [5, 5.41) is 7.80. The number of likely N-dealkylation sites (N-methyl/N-ethyl adjacent to an activating group) is 2. The molecule has 108 valence electrons. The molecule has 0 aliphatic carbocycles. The Hall–Kier alpha value is -0.590. The van der Waals surface area contributed by atoms with Gasteiger partial charge in [0.1, 0.15) is 12.2 Å². The molecule has 0 radical (unpaired) electrons. The Morgan fingerprint density at radius 3 is 2.95 bits per heavy atom. The van der Waals surface area contributed by atoms with Crippen molar-refractivity contribution in [2.45, 2.75) is 38.4 Å². The van der Waals surface area contributed by atoms with Crippen LogP contribution in [0.25, 0.3) is 0 Å². The lowest BCUT2D eigenvalue weighted by Gasteiger charge is -2.37. The summed E-state index contributed by atoms with van der Waals surface area (Å²) in [5.41, 5.74) is 0. The summed E-state index contributed by atoms with van der Waals surface area (Å²) in [7, 11) is 4.27. The monoisotopic (exact) mass is 283 g/mol. The minimum atomic E-state index is 0.369. The van der Waals surface area contributed by atoms with Gasteiger partial charge in [-0.1, -0.05) is 0 Å². The molecular formula is C13H25N5S. The molecule has 1 aromatic heterocycles. The van der Waals surface area contributed by atoms with Crippen LogP contribution in [0.5, 0.6) is 0 Å². The van der Waals surface area contributed by atoms with Crippen molar-refractivity contribution in [1.29, 1.82) is 0 Å². The highest BCUT2D eigenvalue weighted by Gasteiger charge is 2.28. The number of nitrogens with zero attached hydrogens (tertiary/aromatic N) is 4. The summed E-state index contributed by atoms with van der Waals surface area (Å²) in [6.45, 7) is 5.47. The third-order valence-electron chi connectivity index (χ3n) is 3.82. The molecule has 0 bridgehead atoms. The molecule has 2 unspecified atom stereocenters. The van der Waals surface area contributed by atoms with Crippen molar-refractivity contribution in [3.8, 4) is 0 Å². The van der Waals surface area contributed by atoms with E-state index in [1.807, 2.05) is 23.5 Å². The molecule has 1 fully saturated rings. The second kappa shape index (κ2) is 6.72. The van der Waals surface area contributed by atoms with Crippen LogP contribution >= 0.6 is 11.8 Å². The van der Waals surface area contributed by atoms with Crippen LogP contribution in [0.4, 0.5) is 0 Å². The number of hydrogen-bond donors (Lipinski definition) is 1. The van der Waals surface area contributed by atoms with Crippen LogP contribution in [-0.4, -0.2) is 63.9 Å². The van der Waals surface area contributed by atoms with E-state index in [1.165, 1.54) is 18.1 Å². The Bertz CT molecular complexity index is 392.